The van der Waals surface area contributed by atoms with Gasteiger partial charge in [0.2, 0.25) is 0 Å². The zero-order valence-electron chi connectivity index (χ0n) is 14.1. The van der Waals surface area contributed by atoms with E-state index in [1.54, 1.807) is 18.2 Å². The van der Waals surface area contributed by atoms with Crippen LogP contribution >= 0.6 is 12.2 Å². The van der Waals surface area contributed by atoms with Crippen LogP contribution in [0.25, 0.3) is 0 Å². The molecule has 0 bridgehead atoms. The molecule has 0 spiro atoms. The van der Waals surface area contributed by atoms with Crippen molar-refractivity contribution in [1.82, 2.24) is 5.32 Å². The van der Waals surface area contributed by atoms with Crippen LogP contribution in [-0.4, -0.2) is 16.1 Å². The van der Waals surface area contributed by atoms with Gasteiger partial charge in [-0.05, 0) is 61.3 Å². The van der Waals surface area contributed by atoms with E-state index in [1.165, 1.54) is 0 Å². The fourth-order valence-electron chi connectivity index (χ4n) is 2.31. The maximum Gasteiger partial charge on any atom is 0.257 e. The number of phenolic OH excluding ortho intramolecular Hbond substituents is 1. The number of nitrogens with one attached hydrogen (secondary N) is 2. The Hall–Kier alpha value is -2.40. The second-order valence-corrected chi connectivity index (χ2v) is 6.27. The molecule has 4 nitrogen and oxygen atoms in total. The van der Waals surface area contributed by atoms with Gasteiger partial charge in [0, 0.05) is 5.56 Å². The smallest absolute Gasteiger partial charge is 0.257 e. The third-order valence-electron chi connectivity index (χ3n) is 3.96. The summed E-state index contributed by atoms with van der Waals surface area (Å²) in [6.45, 7) is 6.15. The molecule has 0 heterocycles. The molecule has 0 fully saturated rings. The number of carbonyl (C=O) groups is 1. The number of aryl methyl sites for hydroxylation is 1. The van der Waals surface area contributed by atoms with Gasteiger partial charge >= 0.3 is 0 Å². The van der Waals surface area contributed by atoms with Crippen LogP contribution in [0.3, 0.4) is 0 Å². The van der Waals surface area contributed by atoms with E-state index < -0.39 is 0 Å². The van der Waals surface area contributed by atoms with E-state index in [9.17, 15) is 9.90 Å². The maximum atomic E-state index is 12.2. The second kappa shape index (κ2) is 7.93. The molecule has 0 aliphatic heterocycles. The van der Waals surface area contributed by atoms with Crippen molar-refractivity contribution >= 4 is 28.9 Å². The minimum absolute atomic E-state index is 0.0919. The topological polar surface area (TPSA) is 61.4 Å². The van der Waals surface area contributed by atoms with Crippen molar-refractivity contribution in [2.24, 2.45) is 0 Å². The van der Waals surface area contributed by atoms with E-state index >= 15 is 0 Å². The normalized spacial score (nSPS) is 11.6. The van der Waals surface area contributed by atoms with Gasteiger partial charge in [-0.25, -0.2) is 0 Å². The molecule has 1 amide bonds. The highest BCUT2D eigenvalue weighted by molar-refractivity contribution is 7.80. The summed E-state index contributed by atoms with van der Waals surface area (Å²) < 4.78 is 0. The summed E-state index contributed by atoms with van der Waals surface area (Å²) in [6, 6.07) is 12.6. The van der Waals surface area contributed by atoms with Crippen LogP contribution in [0.5, 0.6) is 5.75 Å². The zero-order valence-corrected chi connectivity index (χ0v) is 14.9. The van der Waals surface area contributed by atoms with Gasteiger partial charge in [-0.1, -0.05) is 37.6 Å². The fraction of sp³-hybridized carbons (Fsp3) is 0.263. The van der Waals surface area contributed by atoms with Gasteiger partial charge in [0.15, 0.2) is 5.11 Å². The molecular weight excluding hydrogens is 320 g/mol. The molecule has 2 rings (SSSR count). The lowest BCUT2D eigenvalue weighted by Crippen LogP contribution is -2.34. The quantitative estimate of drug-likeness (QED) is 0.571. The predicted octanol–water partition coefficient (Wildman–Crippen LogP) is 4.34. The number of thiocarbonyl (C=S) groups is 1. The molecule has 2 aromatic carbocycles. The van der Waals surface area contributed by atoms with E-state index in [2.05, 4.69) is 24.5 Å². The molecule has 5 heteroatoms. The number of anilines is 1. The van der Waals surface area contributed by atoms with Gasteiger partial charge in [0.25, 0.3) is 5.91 Å². The molecule has 0 saturated heterocycles. The highest BCUT2D eigenvalue weighted by Gasteiger charge is 2.11. The van der Waals surface area contributed by atoms with Crippen LogP contribution < -0.4 is 10.6 Å². The minimum Gasteiger partial charge on any atom is -0.506 e. The highest BCUT2D eigenvalue weighted by Crippen LogP contribution is 2.29. The van der Waals surface area contributed by atoms with Crippen molar-refractivity contribution in [2.45, 2.75) is 33.1 Å². The number of hydrogen-bond acceptors (Lipinski definition) is 3. The molecule has 0 aromatic heterocycles. The number of benzene rings is 2. The third-order valence-corrected chi connectivity index (χ3v) is 4.16. The number of rotatable bonds is 4. The minimum atomic E-state index is -0.284. The number of hydrogen-bond donors (Lipinski definition) is 3. The average Bonchev–Trinajstić information content (AvgIpc) is 2.56. The SMILES string of the molecule is CCC(C)c1ccc(O)c(NC(=S)NC(=O)c2cccc(C)c2)c1. The molecule has 3 N–H and O–H groups in total. The Balaban J connectivity index is 2.08. The van der Waals surface area contributed by atoms with Crippen molar-refractivity contribution in [3.8, 4) is 5.75 Å². The van der Waals surface area contributed by atoms with Crippen molar-refractivity contribution in [1.29, 1.82) is 0 Å². The molecule has 24 heavy (non-hydrogen) atoms. The molecule has 0 aliphatic rings. The number of aromatic hydroxyl groups is 1. The van der Waals surface area contributed by atoms with Crippen LogP contribution in [0.1, 0.15) is 47.7 Å². The maximum absolute atomic E-state index is 12.2. The van der Waals surface area contributed by atoms with Crippen LogP contribution in [0.15, 0.2) is 42.5 Å². The van der Waals surface area contributed by atoms with Crippen LogP contribution in [0.2, 0.25) is 0 Å². The molecule has 1 atom stereocenters. The molecule has 126 valence electrons. The molecule has 0 aliphatic carbocycles. The van der Waals surface area contributed by atoms with Crippen LogP contribution in [0, 0.1) is 6.92 Å². The first-order chi connectivity index (χ1) is 11.4. The van der Waals surface area contributed by atoms with E-state index in [4.69, 9.17) is 12.2 Å². The zero-order chi connectivity index (χ0) is 17.7. The Bertz CT molecular complexity index is 759. The van der Waals surface area contributed by atoms with Crippen molar-refractivity contribution in [3.63, 3.8) is 0 Å². The Morgan fingerprint density at radius 3 is 2.67 bits per heavy atom. The second-order valence-electron chi connectivity index (χ2n) is 5.86. The monoisotopic (exact) mass is 342 g/mol. The molecular formula is C19H22N2O2S. The van der Waals surface area contributed by atoms with Crippen molar-refractivity contribution < 1.29 is 9.90 Å². The van der Waals surface area contributed by atoms with Gasteiger partial charge in [-0.15, -0.1) is 0 Å². The van der Waals surface area contributed by atoms with Gasteiger partial charge < -0.3 is 10.4 Å². The standard InChI is InChI=1S/C19H22N2O2S/c1-4-13(3)14-8-9-17(22)16(11-14)20-19(24)21-18(23)15-7-5-6-12(2)10-15/h5-11,13,22H,4H2,1-3H3,(H2,20,21,23,24). The number of phenols is 1. The Labute approximate surface area is 147 Å². The summed E-state index contributed by atoms with van der Waals surface area (Å²) in [5.41, 5.74) is 3.13. The first-order valence-electron chi connectivity index (χ1n) is 7.92. The molecule has 0 saturated carbocycles. The Kier molecular flexibility index (Phi) is 5.93. The first kappa shape index (κ1) is 17.9. The Morgan fingerprint density at radius 2 is 2.00 bits per heavy atom. The van der Waals surface area contributed by atoms with Crippen LogP contribution in [0.4, 0.5) is 5.69 Å². The third kappa shape index (κ3) is 4.55. The largest absolute Gasteiger partial charge is 0.506 e. The van der Waals surface area contributed by atoms with Gasteiger partial charge in [0.05, 0.1) is 5.69 Å². The summed E-state index contributed by atoms with van der Waals surface area (Å²) in [5, 5.41) is 15.7. The number of carbonyl (C=O) groups excluding carboxylic acids is 1. The lowest BCUT2D eigenvalue weighted by molar-refractivity contribution is 0.0977. The first-order valence-corrected chi connectivity index (χ1v) is 8.33. The average molecular weight is 342 g/mol. The van der Waals surface area contributed by atoms with E-state index in [0.29, 0.717) is 17.2 Å². The Morgan fingerprint density at radius 1 is 1.25 bits per heavy atom. The van der Waals surface area contributed by atoms with Crippen molar-refractivity contribution in [3.05, 3.63) is 59.2 Å². The van der Waals surface area contributed by atoms with Crippen molar-refractivity contribution in [2.75, 3.05) is 5.32 Å². The molecule has 0 radical (unpaired) electrons. The van der Waals surface area contributed by atoms with Gasteiger partial charge in [0.1, 0.15) is 5.75 Å². The van der Waals surface area contributed by atoms with Crippen LogP contribution in [-0.2, 0) is 0 Å². The van der Waals surface area contributed by atoms with E-state index in [1.807, 2.05) is 31.2 Å². The lowest BCUT2D eigenvalue weighted by atomic mass is 9.98. The van der Waals surface area contributed by atoms with E-state index in [0.717, 1.165) is 17.5 Å². The summed E-state index contributed by atoms with van der Waals surface area (Å²) in [5.74, 6) is 0.185. The number of amides is 1. The van der Waals surface area contributed by atoms with Gasteiger partial charge in [-0.3, -0.25) is 10.1 Å². The summed E-state index contributed by atoms with van der Waals surface area (Å²) in [4.78, 5) is 12.2. The highest BCUT2D eigenvalue weighted by atomic mass is 32.1. The summed E-state index contributed by atoms with van der Waals surface area (Å²) >= 11 is 5.19. The predicted molar refractivity (Wildman–Crippen MR) is 102 cm³/mol. The fourth-order valence-corrected chi connectivity index (χ4v) is 2.51. The molecule has 2 aromatic rings. The summed E-state index contributed by atoms with van der Waals surface area (Å²) in [7, 11) is 0. The lowest BCUT2D eigenvalue weighted by Gasteiger charge is -2.15. The van der Waals surface area contributed by atoms with Gasteiger partial charge in [-0.2, -0.15) is 0 Å². The van der Waals surface area contributed by atoms with E-state index in [-0.39, 0.29) is 16.8 Å². The summed E-state index contributed by atoms with van der Waals surface area (Å²) in [6.07, 6.45) is 0.999. The molecule has 1 unspecified atom stereocenters.